The predicted molar refractivity (Wildman–Crippen MR) is 92.6 cm³/mol. The number of aromatic carboxylic acids is 1. The highest BCUT2D eigenvalue weighted by Gasteiger charge is 2.34. The van der Waals surface area contributed by atoms with Crippen molar-refractivity contribution in [3.63, 3.8) is 0 Å². The smallest absolute Gasteiger partial charge is 0.228 e. The van der Waals surface area contributed by atoms with E-state index in [1.54, 1.807) is 13.0 Å². The summed E-state index contributed by atoms with van der Waals surface area (Å²) in [5, 5.41) is 18.7. The molecule has 6 nitrogen and oxygen atoms in total. The van der Waals surface area contributed by atoms with Gasteiger partial charge >= 0.3 is 0 Å². The van der Waals surface area contributed by atoms with Crippen molar-refractivity contribution >= 4 is 69.7 Å². The van der Waals surface area contributed by atoms with Gasteiger partial charge in [0.1, 0.15) is 6.17 Å². The van der Waals surface area contributed by atoms with Gasteiger partial charge in [0.2, 0.25) is 9.70 Å². The average Bonchev–Trinajstić information content (AvgIpc) is 2.45. The largest absolute Gasteiger partial charge is 0.545 e. The molecule has 0 aliphatic carbocycles. The second kappa shape index (κ2) is 8.54. The van der Waals surface area contributed by atoms with E-state index in [-0.39, 0.29) is 23.0 Å². The molecule has 0 spiro atoms. The number of carboxylic acids is 1. The van der Waals surface area contributed by atoms with Crippen LogP contribution in [0.2, 0.25) is 0 Å². The zero-order valence-corrected chi connectivity index (χ0v) is 14.9. The number of anilines is 1. The molecule has 1 rings (SSSR count). The van der Waals surface area contributed by atoms with E-state index in [2.05, 4.69) is 16.0 Å². The Labute approximate surface area is 153 Å². The topological polar surface area (TPSA) is 93.3 Å². The fourth-order valence-electron chi connectivity index (χ4n) is 1.48. The molecule has 0 saturated carbocycles. The van der Waals surface area contributed by atoms with Gasteiger partial charge in [-0.15, -0.1) is 0 Å². The first-order valence-corrected chi connectivity index (χ1v) is 7.92. The maximum absolute atomic E-state index is 11.5. The van der Waals surface area contributed by atoms with Crippen LogP contribution in [-0.2, 0) is 4.79 Å². The number of alkyl halides is 3. The Balaban J connectivity index is 2.77. The molecule has 0 radical (unpaired) electrons. The number of carbonyl (C=O) groups is 2. The third kappa shape index (κ3) is 6.78. The van der Waals surface area contributed by atoms with Crippen molar-refractivity contribution in [2.24, 2.45) is 0 Å². The Morgan fingerprint density at radius 3 is 2.48 bits per heavy atom. The Morgan fingerprint density at radius 2 is 1.96 bits per heavy atom. The molecule has 3 N–H and O–H groups in total. The fraction of sp³-hybridized carbons (Fsp3) is 0.308. The third-order valence-corrected chi connectivity index (χ3v) is 3.46. The van der Waals surface area contributed by atoms with Gasteiger partial charge in [0, 0.05) is 12.1 Å². The summed E-state index contributed by atoms with van der Waals surface area (Å²) in [6.45, 7) is 1.65. The van der Waals surface area contributed by atoms with Crippen molar-refractivity contribution in [3.8, 4) is 0 Å². The first-order valence-electron chi connectivity index (χ1n) is 6.38. The second-order valence-corrected chi connectivity index (χ2v) is 7.14. The zero-order chi connectivity index (χ0) is 17.6. The van der Waals surface area contributed by atoms with Crippen LogP contribution in [0.25, 0.3) is 0 Å². The molecule has 1 aromatic rings. The number of carboxylic acid groups (broad SMARTS) is 1. The molecule has 0 aromatic heterocycles. The summed E-state index contributed by atoms with van der Waals surface area (Å²) < 4.78 is -1.84. The van der Waals surface area contributed by atoms with Crippen molar-refractivity contribution in [2.75, 3.05) is 5.32 Å². The van der Waals surface area contributed by atoms with E-state index >= 15 is 0 Å². The van der Waals surface area contributed by atoms with Gasteiger partial charge in [0.05, 0.1) is 5.97 Å². The Bertz CT molecular complexity index is 608. The Hall–Kier alpha value is -1.28. The van der Waals surface area contributed by atoms with E-state index in [0.29, 0.717) is 5.69 Å². The van der Waals surface area contributed by atoms with Gasteiger partial charge in [-0.2, -0.15) is 0 Å². The summed E-state index contributed by atoms with van der Waals surface area (Å²) in [5.41, 5.74) is 0.379. The lowest BCUT2D eigenvalue weighted by Crippen LogP contribution is -2.56. The minimum absolute atomic E-state index is 0.0185. The number of rotatable bonds is 5. The summed E-state index contributed by atoms with van der Waals surface area (Å²) in [4.78, 5) is 22.3. The first kappa shape index (κ1) is 19.8. The monoisotopic (exact) mass is 396 g/mol. The van der Waals surface area contributed by atoms with E-state index in [1.807, 2.05) is 0 Å². The van der Waals surface area contributed by atoms with Crippen LogP contribution < -0.4 is 21.1 Å². The van der Waals surface area contributed by atoms with Gasteiger partial charge in [-0.25, -0.2) is 0 Å². The molecule has 126 valence electrons. The average molecular weight is 398 g/mol. The number of hydrogen-bond acceptors (Lipinski definition) is 4. The SMILES string of the molecule is CCC(=O)NC(NC(=S)Nc1cccc(C(=O)[O-])c1)C(Cl)(Cl)Cl. The Kier molecular flexibility index (Phi) is 7.34. The lowest BCUT2D eigenvalue weighted by Gasteiger charge is -2.27. The van der Waals surface area contributed by atoms with Crippen molar-refractivity contribution in [1.82, 2.24) is 10.6 Å². The van der Waals surface area contributed by atoms with Crippen LogP contribution >= 0.6 is 47.0 Å². The molecule has 0 saturated heterocycles. The number of amides is 1. The maximum Gasteiger partial charge on any atom is 0.228 e. The molecule has 1 amide bonds. The van der Waals surface area contributed by atoms with Crippen LogP contribution in [0.4, 0.5) is 5.69 Å². The predicted octanol–water partition coefficient (Wildman–Crippen LogP) is 1.56. The molecule has 1 unspecified atom stereocenters. The highest BCUT2D eigenvalue weighted by atomic mass is 35.6. The molecule has 0 aliphatic rings. The first-order chi connectivity index (χ1) is 10.6. The molecule has 0 fully saturated rings. The highest BCUT2D eigenvalue weighted by Crippen LogP contribution is 2.29. The number of carbonyl (C=O) groups excluding carboxylic acids is 2. The van der Waals surface area contributed by atoms with Crippen molar-refractivity contribution in [3.05, 3.63) is 29.8 Å². The third-order valence-electron chi connectivity index (χ3n) is 2.59. The van der Waals surface area contributed by atoms with Gasteiger partial charge in [-0.1, -0.05) is 53.9 Å². The lowest BCUT2D eigenvalue weighted by molar-refractivity contribution is -0.255. The zero-order valence-electron chi connectivity index (χ0n) is 11.9. The molecular weight excluding hydrogens is 385 g/mol. The molecule has 0 bridgehead atoms. The number of benzene rings is 1. The normalized spacial score (nSPS) is 12.2. The summed E-state index contributed by atoms with van der Waals surface area (Å²) in [5.74, 6) is -1.66. The number of halogens is 3. The number of thiocarbonyl (C=S) groups is 1. The molecular formula is C13H13Cl3N3O3S-. The maximum atomic E-state index is 11.5. The van der Waals surface area contributed by atoms with Gasteiger partial charge in [-0.3, -0.25) is 4.79 Å². The van der Waals surface area contributed by atoms with Gasteiger partial charge in [0.25, 0.3) is 0 Å². The molecule has 0 heterocycles. The molecule has 1 atom stereocenters. The van der Waals surface area contributed by atoms with E-state index in [0.717, 1.165) is 0 Å². The van der Waals surface area contributed by atoms with Gasteiger partial charge < -0.3 is 25.9 Å². The summed E-state index contributed by atoms with van der Waals surface area (Å²) in [6.07, 6.45) is -0.864. The van der Waals surface area contributed by atoms with E-state index < -0.39 is 15.9 Å². The van der Waals surface area contributed by atoms with Gasteiger partial charge in [-0.05, 0) is 29.9 Å². The van der Waals surface area contributed by atoms with Crippen LogP contribution in [-0.4, -0.2) is 26.9 Å². The summed E-state index contributed by atoms with van der Waals surface area (Å²) in [6, 6.07) is 5.82. The van der Waals surface area contributed by atoms with Crippen molar-refractivity contribution in [1.29, 1.82) is 0 Å². The number of nitrogens with one attached hydrogen (secondary N) is 3. The standard InChI is InChI=1S/C13H14Cl3N3O3S/c1-2-9(20)18-11(13(14,15)16)19-12(23)17-8-5-3-4-7(6-8)10(21)22/h3-6,11H,2H2,1H3,(H,18,20)(H,21,22)(H2,17,19,23)/p-1. The van der Waals surface area contributed by atoms with E-state index in [1.165, 1.54) is 18.2 Å². The van der Waals surface area contributed by atoms with E-state index in [4.69, 9.17) is 47.0 Å². The Morgan fingerprint density at radius 1 is 1.30 bits per heavy atom. The van der Waals surface area contributed by atoms with Crippen LogP contribution in [0, 0.1) is 0 Å². The molecule has 23 heavy (non-hydrogen) atoms. The van der Waals surface area contributed by atoms with Crippen molar-refractivity contribution < 1.29 is 14.7 Å². The summed E-state index contributed by atoms with van der Waals surface area (Å²) in [7, 11) is 0. The van der Waals surface area contributed by atoms with Crippen molar-refractivity contribution in [2.45, 2.75) is 23.3 Å². The minimum atomic E-state index is -1.84. The summed E-state index contributed by atoms with van der Waals surface area (Å²) >= 11 is 22.4. The molecule has 1 aromatic carbocycles. The fourth-order valence-corrected chi connectivity index (χ4v) is 2.05. The highest BCUT2D eigenvalue weighted by molar-refractivity contribution is 7.80. The van der Waals surface area contributed by atoms with Crippen LogP contribution in [0.5, 0.6) is 0 Å². The second-order valence-electron chi connectivity index (χ2n) is 4.36. The number of hydrogen-bond donors (Lipinski definition) is 3. The lowest BCUT2D eigenvalue weighted by atomic mass is 10.2. The molecule has 0 aliphatic heterocycles. The quantitative estimate of drug-likeness (QED) is 0.397. The van der Waals surface area contributed by atoms with Gasteiger partial charge in [0.15, 0.2) is 5.11 Å². The molecule has 10 heteroatoms. The minimum Gasteiger partial charge on any atom is -0.545 e. The van der Waals surface area contributed by atoms with Crippen LogP contribution in [0.3, 0.4) is 0 Å². The van der Waals surface area contributed by atoms with Crippen LogP contribution in [0.1, 0.15) is 23.7 Å². The van der Waals surface area contributed by atoms with Crippen LogP contribution in [0.15, 0.2) is 24.3 Å². The van der Waals surface area contributed by atoms with E-state index in [9.17, 15) is 14.7 Å².